The summed E-state index contributed by atoms with van der Waals surface area (Å²) in [7, 11) is -3.69. The van der Waals surface area contributed by atoms with Gasteiger partial charge in [-0.15, -0.1) is 0 Å². The van der Waals surface area contributed by atoms with E-state index in [0.29, 0.717) is 30.5 Å². The first-order valence-corrected chi connectivity index (χ1v) is 11.7. The minimum absolute atomic E-state index is 0.0970. The summed E-state index contributed by atoms with van der Waals surface area (Å²) >= 11 is 1.27. The van der Waals surface area contributed by atoms with Gasteiger partial charge in [0.05, 0.1) is 28.0 Å². The molecule has 1 heterocycles. The predicted molar refractivity (Wildman–Crippen MR) is 107 cm³/mol. The second kappa shape index (κ2) is 6.17. The van der Waals surface area contributed by atoms with E-state index in [0.717, 1.165) is 22.4 Å². The summed E-state index contributed by atoms with van der Waals surface area (Å²) in [5.74, 6) is 0.958. The van der Waals surface area contributed by atoms with Crippen LogP contribution in [0.5, 0.6) is 5.75 Å². The lowest BCUT2D eigenvalue weighted by Gasteiger charge is -2.35. The van der Waals surface area contributed by atoms with Crippen LogP contribution in [0.2, 0.25) is 0 Å². The summed E-state index contributed by atoms with van der Waals surface area (Å²) in [5, 5.41) is 0.327. The van der Waals surface area contributed by atoms with E-state index in [2.05, 4.69) is 9.71 Å². The molecule has 2 bridgehead atoms. The first-order chi connectivity index (χ1) is 12.7. The van der Waals surface area contributed by atoms with Crippen molar-refractivity contribution in [2.75, 3.05) is 17.1 Å². The number of ether oxygens (including phenoxy) is 1. The number of benzene rings is 1. The van der Waals surface area contributed by atoms with Gasteiger partial charge in [0.2, 0.25) is 10.0 Å². The summed E-state index contributed by atoms with van der Waals surface area (Å²) < 4.78 is 34.7. The number of nitrogens with one attached hydrogen (secondary N) is 1. The van der Waals surface area contributed by atoms with E-state index in [9.17, 15) is 13.2 Å². The first-order valence-electron chi connectivity index (χ1n) is 9.24. The molecule has 0 aliphatic heterocycles. The van der Waals surface area contributed by atoms with Crippen LogP contribution in [0, 0.1) is 16.7 Å². The minimum Gasteiger partial charge on any atom is -0.494 e. The number of aromatic nitrogens is 1. The molecular weight excluding hydrogens is 384 g/mol. The van der Waals surface area contributed by atoms with Gasteiger partial charge in [-0.2, -0.15) is 0 Å². The van der Waals surface area contributed by atoms with Crippen LogP contribution in [-0.4, -0.2) is 31.5 Å². The maximum absolute atomic E-state index is 12.9. The molecule has 2 aromatic rings. The molecule has 1 aromatic carbocycles. The third-order valence-electron chi connectivity index (χ3n) is 6.49. The molecule has 2 aliphatic rings. The molecule has 2 atom stereocenters. The molecule has 1 N–H and O–H groups in total. The molecule has 0 unspecified atom stereocenters. The van der Waals surface area contributed by atoms with Gasteiger partial charge in [-0.05, 0) is 49.3 Å². The number of sulfonamides is 1. The van der Waals surface area contributed by atoms with E-state index in [1.165, 1.54) is 11.3 Å². The maximum atomic E-state index is 12.9. The average Bonchev–Trinajstić information content (AvgIpc) is 3.12. The molecule has 6 nitrogen and oxygen atoms in total. The first kappa shape index (κ1) is 18.7. The number of fused-ring (bicyclic) bond motifs is 3. The number of anilines is 1. The van der Waals surface area contributed by atoms with Gasteiger partial charge in [0.1, 0.15) is 11.5 Å². The molecule has 27 heavy (non-hydrogen) atoms. The highest BCUT2D eigenvalue weighted by Crippen LogP contribution is 2.64. The molecule has 0 spiro atoms. The highest BCUT2D eigenvalue weighted by molar-refractivity contribution is 7.93. The highest BCUT2D eigenvalue weighted by atomic mass is 32.2. The lowest BCUT2D eigenvalue weighted by Crippen LogP contribution is -2.43. The molecule has 0 saturated heterocycles. The Balaban J connectivity index is 1.58. The van der Waals surface area contributed by atoms with Crippen LogP contribution >= 0.6 is 11.3 Å². The summed E-state index contributed by atoms with van der Waals surface area (Å²) in [5.41, 5.74) is -0.335. The van der Waals surface area contributed by atoms with Gasteiger partial charge in [0, 0.05) is 6.42 Å². The lowest BCUT2D eigenvalue weighted by molar-refractivity contribution is -0.128. The maximum Gasteiger partial charge on any atom is 0.235 e. The molecule has 1 aromatic heterocycles. The number of carbonyl (C=O) groups excluding carboxylic acids is 1. The van der Waals surface area contributed by atoms with Crippen LogP contribution < -0.4 is 9.46 Å². The number of thiazole rings is 1. The quantitative estimate of drug-likeness (QED) is 0.785. The standard InChI is InChI=1S/C19H24N2O4S2/c1-4-25-13-5-6-14-15(10-13)26-17(20-14)21-27(23,24)11-19-8-7-12(9-16(19)22)18(19,2)3/h5-6,10,12H,4,7-9,11H2,1-3H3,(H,20,21)/t12-,19-/m0/s1. The number of rotatable bonds is 6. The Morgan fingerprint density at radius 1 is 1.37 bits per heavy atom. The third-order valence-corrected chi connectivity index (χ3v) is 8.93. The van der Waals surface area contributed by atoms with Gasteiger partial charge >= 0.3 is 0 Å². The zero-order valence-electron chi connectivity index (χ0n) is 15.7. The van der Waals surface area contributed by atoms with Crippen molar-refractivity contribution in [3.05, 3.63) is 18.2 Å². The number of ketones is 1. The molecule has 8 heteroatoms. The Labute approximate surface area is 163 Å². The molecule has 2 fully saturated rings. The second-order valence-electron chi connectivity index (χ2n) is 8.11. The van der Waals surface area contributed by atoms with Crippen molar-refractivity contribution in [3.63, 3.8) is 0 Å². The zero-order valence-corrected chi connectivity index (χ0v) is 17.4. The SMILES string of the molecule is CCOc1ccc2nc(NS(=O)(=O)C[C@@]34CC[C@@H](CC3=O)C4(C)C)sc2c1. The summed E-state index contributed by atoms with van der Waals surface area (Å²) in [6, 6.07) is 5.50. The summed E-state index contributed by atoms with van der Waals surface area (Å²) in [6.45, 7) is 6.56. The van der Waals surface area contributed by atoms with Crippen molar-refractivity contribution >= 4 is 42.5 Å². The highest BCUT2D eigenvalue weighted by Gasteiger charge is 2.65. The molecule has 2 aliphatic carbocycles. The average molecular weight is 409 g/mol. The van der Waals surface area contributed by atoms with E-state index < -0.39 is 15.4 Å². The Kier molecular flexibility index (Phi) is 4.27. The van der Waals surface area contributed by atoms with E-state index >= 15 is 0 Å². The number of nitrogens with zero attached hydrogens (tertiary/aromatic N) is 1. The normalized spacial score (nSPS) is 26.6. The molecular formula is C19H24N2O4S2. The third kappa shape index (κ3) is 2.93. The molecule has 0 amide bonds. The fraction of sp³-hybridized carbons (Fsp3) is 0.579. The van der Waals surface area contributed by atoms with Gasteiger partial charge in [0.25, 0.3) is 0 Å². The molecule has 0 radical (unpaired) electrons. The van der Waals surface area contributed by atoms with Crippen LogP contribution in [0.3, 0.4) is 0 Å². The van der Waals surface area contributed by atoms with Crippen molar-refractivity contribution < 1.29 is 17.9 Å². The van der Waals surface area contributed by atoms with Gasteiger partial charge in [-0.3, -0.25) is 9.52 Å². The van der Waals surface area contributed by atoms with Gasteiger partial charge in [0.15, 0.2) is 5.13 Å². The van der Waals surface area contributed by atoms with E-state index in [1.54, 1.807) is 0 Å². The smallest absolute Gasteiger partial charge is 0.235 e. The Bertz CT molecular complexity index is 1010. The minimum atomic E-state index is -3.69. The monoisotopic (exact) mass is 408 g/mol. The Morgan fingerprint density at radius 2 is 2.15 bits per heavy atom. The fourth-order valence-corrected chi connectivity index (χ4v) is 7.81. The van der Waals surface area contributed by atoms with E-state index in [1.807, 2.05) is 39.0 Å². The van der Waals surface area contributed by atoms with Crippen LogP contribution in [0.25, 0.3) is 10.2 Å². The largest absolute Gasteiger partial charge is 0.494 e. The van der Waals surface area contributed by atoms with E-state index in [4.69, 9.17) is 4.74 Å². The van der Waals surface area contributed by atoms with Crippen LogP contribution in [0.15, 0.2) is 18.2 Å². The van der Waals surface area contributed by atoms with Crippen LogP contribution in [0.1, 0.15) is 40.0 Å². The van der Waals surface area contributed by atoms with Crippen molar-refractivity contribution in [1.82, 2.24) is 4.98 Å². The van der Waals surface area contributed by atoms with Gasteiger partial charge in [-0.1, -0.05) is 25.2 Å². The zero-order chi connectivity index (χ0) is 19.4. The van der Waals surface area contributed by atoms with Crippen molar-refractivity contribution in [1.29, 1.82) is 0 Å². The molecule has 2 saturated carbocycles. The Hall–Kier alpha value is -1.67. The fourth-order valence-electron chi connectivity index (χ4n) is 4.81. The van der Waals surface area contributed by atoms with Crippen LogP contribution in [-0.2, 0) is 14.8 Å². The topological polar surface area (TPSA) is 85.4 Å². The van der Waals surface area contributed by atoms with E-state index in [-0.39, 0.29) is 17.0 Å². The van der Waals surface area contributed by atoms with Crippen molar-refractivity contribution in [3.8, 4) is 5.75 Å². The number of carbonyl (C=O) groups is 1. The number of hydrogen-bond acceptors (Lipinski definition) is 6. The summed E-state index contributed by atoms with van der Waals surface area (Å²) in [6.07, 6.45) is 2.08. The van der Waals surface area contributed by atoms with Crippen molar-refractivity contribution in [2.45, 2.75) is 40.0 Å². The Morgan fingerprint density at radius 3 is 2.78 bits per heavy atom. The number of hydrogen-bond donors (Lipinski definition) is 1. The van der Waals surface area contributed by atoms with Crippen molar-refractivity contribution in [2.24, 2.45) is 16.7 Å². The summed E-state index contributed by atoms with van der Waals surface area (Å²) in [4.78, 5) is 17.0. The predicted octanol–water partition coefficient (Wildman–Crippen LogP) is 3.83. The van der Waals surface area contributed by atoms with Gasteiger partial charge in [-0.25, -0.2) is 13.4 Å². The molecule has 146 valence electrons. The van der Waals surface area contributed by atoms with Gasteiger partial charge < -0.3 is 4.74 Å². The molecule has 4 rings (SSSR count). The second-order valence-corrected chi connectivity index (χ2v) is 10.9. The number of Topliss-reactive ketones (excluding diaryl/α,β-unsaturated/α-hetero) is 1. The lowest BCUT2D eigenvalue weighted by atomic mass is 9.70. The van der Waals surface area contributed by atoms with Crippen LogP contribution in [0.4, 0.5) is 5.13 Å².